The van der Waals surface area contributed by atoms with Gasteiger partial charge in [-0.05, 0) is 68.8 Å². The molecule has 0 spiro atoms. The lowest BCUT2D eigenvalue weighted by Crippen LogP contribution is -1.87. The third-order valence-electron chi connectivity index (χ3n) is 4.55. The molecule has 0 N–H and O–H groups in total. The van der Waals surface area contributed by atoms with E-state index in [4.69, 9.17) is 0 Å². The molecule has 0 unspecified atom stereocenters. The second-order valence-corrected chi connectivity index (χ2v) is 7.19. The second kappa shape index (κ2) is 4.61. The zero-order valence-corrected chi connectivity index (χ0v) is 14.0. The molecule has 0 fully saturated rings. The van der Waals surface area contributed by atoms with Crippen LogP contribution in [-0.4, -0.2) is 0 Å². The third kappa shape index (κ3) is 1.54. The SMILES string of the molecule is BrSc1ccc2cccc3c4cccc5cccc(c1c23)c54. The summed E-state index contributed by atoms with van der Waals surface area (Å²) in [7, 11) is 1.65. The monoisotopic (exact) mass is 362 g/mol. The molecule has 0 heterocycles. The zero-order valence-electron chi connectivity index (χ0n) is 11.6. The first-order valence-corrected chi connectivity index (χ1v) is 9.91. The van der Waals surface area contributed by atoms with Gasteiger partial charge in [0.25, 0.3) is 0 Å². The normalized spacial score (nSPS) is 12.0. The maximum Gasteiger partial charge on any atom is 0.0273 e. The van der Waals surface area contributed by atoms with E-state index in [1.54, 1.807) is 10.2 Å². The molecule has 0 aliphatic rings. The molecule has 5 aromatic rings. The first-order valence-electron chi connectivity index (χ1n) is 7.25. The molecule has 0 saturated heterocycles. The van der Waals surface area contributed by atoms with Gasteiger partial charge in [-0.25, -0.2) is 0 Å². The van der Waals surface area contributed by atoms with Crippen molar-refractivity contribution in [3.63, 3.8) is 0 Å². The number of rotatable bonds is 1. The minimum atomic E-state index is 1.28. The molecule has 0 amide bonds. The van der Waals surface area contributed by atoms with E-state index in [1.165, 1.54) is 48.0 Å². The Balaban J connectivity index is 2.28. The topological polar surface area (TPSA) is 0 Å². The summed E-state index contributed by atoms with van der Waals surface area (Å²) in [5, 5.41) is 10.8. The number of hydrogen-bond donors (Lipinski definition) is 0. The van der Waals surface area contributed by atoms with Gasteiger partial charge in [-0.1, -0.05) is 60.7 Å². The largest absolute Gasteiger partial charge is 0.0610 e. The summed E-state index contributed by atoms with van der Waals surface area (Å²) in [6.45, 7) is 0. The lowest BCUT2D eigenvalue weighted by Gasteiger charge is -2.15. The Bertz CT molecular complexity index is 1150. The average molecular weight is 363 g/mol. The van der Waals surface area contributed by atoms with Crippen LogP contribution in [0.5, 0.6) is 0 Å². The lowest BCUT2D eigenvalue weighted by molar-refractivity contribution is 1.60. The smallest absolute Gasteiger partial charge is 0.0273 e. The summed E-state index contributed by atoms with van der Waals surface area (Å²) in [6.07, 6.45) is 0. The van der Waals surface area contributed by atoms with E-state index in [2.05, 4.69) is 81.5 Å². The van der Waals surface area contributed by atoms with Crippen LogP contribution < -0.4 is 0 Å². The van der Waals surface area contributed by atoms with Gasteiger partial charge in [-0.15, -0.1) is 0 Å². The van der Waals surface area contributed by atoms with Gasteiger partial charge >= 0.3 is 0 Å². The summed E-state index contributed by atoms with van der Waals surface area (Å²) < 4.78 is 0. The summed E-state index contributed by atoms with van der Waals surface area (Å²) in [5.41, 5.74) is 0. The fraction of sp³-hybridized carbons (Fsp3) is 0. The number of halogens is 1. The number of hydrogen-bond acceptors (Lipinski definition) is 1. The van der Waals surface area contributed by atoms with Crippen molar-refractivity contribution in [1.29, 1.82) is 0 Å². The molecule has 0 aliphatic carbocycles. The van der Waals surface area contributed by atoms with Crippen molar-refractivity contribution in [3.05, 3.63) is 66.7 Å². The minimum Gasteiger partial charge on any atom is -0.0610 e. The molecular formula is C20H11BrS. The fourth-order valence-corrected chi connectivity index (χ4v) is 4.91. The third-order valence-corrected chi connectivity index (χ3v) is 6.11. The van der Waals surface area contributed by atoms with Gasteiger partial charge in [-0.3, -0.25) is 0 Å². The van der Waals surface area contributed by atoms with Crippen molar-refractivity contribution in [2.24, 2.45) is 0 Å². The Morgan fingerprint density at radius 2 is 1.14 bits per heavy atom. The molecule has 0 nitrogen and oxygen atoms in total. The highest BCUT2D eigenvalue weighted by Gasteiger charge is 2.14. The van der Waals surface area contributed by atoms with Crippen LogP contribution in [0.4, 0.5) is 0 Å². The Kier molecular flexibility index (Phi) is 2.67. The van der Waals surface area contributed by atoms with E-state index in [1.807, 2.05) is 0 Å². The van der Waals surface area contributed by atoms with Gasteiger partial charge in [0, 0.05) is 10.3 Å². The van der Waals surface area contributed by atoms with E-state index in [0.29, 0.717) is 0 Å². The van der Waals surface area contributed by atoms with Gasteiger partial charge in [0.05, 0.1) is 0 Å². The van der Waals surface area contributed by atoms with Gasteiger partial charge in [0.2, 0.25) is 0 Å². The van der Waals surface area contributed by atoms with Crippen molar-refractivity contribution < 1.29 is 0 Å². The predicted molar refractivity (Wildman–Crippen MR) is 102 cm³/mol. The number of fused-ring (bicyclic) bond motifs is 2. The molecule has 5 rings (SSSR count). The van der Waals surface area contributed by atoms with Crippen molar-refractivity contribution in [1.82, 2.24) is 0 Å². The first kappa shape index (κ1) is 12.7. The molecule has 5 aromatic carbocycles. The van der Waals surface area contributed by atoms with Crippen LogP contribution in [-0.2, 0) is 0 Å². The van der Waals surface area contributed by atoms with Gasteiger partial charge in [0.1, 0.15) is 0 Å². The maximum atomic E-state index is 3.59. The van der Waals surface area contributed by atoms with Crippen molar-refractivity contribution in [2.75, 3.05) is 0 Å². The molecule has 0 aromatic heterocycles. The molecule has 0 bridgehead atoms. The lowest BCUT2D eigenvalue weighted by atomic mass is 9.90. The van der Waals surface area contributed by atoms with Crippen LogP contribution in [0.1, 0.15) is 0 Å². The molecule has 0 atom stereocenters. The Hall–Kier alpha value is -1.77. The molecule has 0 saturated carbocycles. The maximum absolute atomic E-state index is 3.59. The van der Waals surface area contributed by atoms with Gasteiger partial charge in [0.15, 0.2) is 0 Å². The van der Waals surface area contributed by atoms with Crippen molar-refractivity contribution in [2.45, 2.75) is 4.90 Å². The van der Waals surface area contributed by atoms with E-state index in [0.717, 1.165) is 0 Å². The Labute approximate surface area is 139 Å². The van der Waals surface area contributed by atoms with Crippen LogP contribution in [0.15, 0.2) is 71.6 Å². The highest BCUT2D eigenvalue weighted by atomic mass is 79.9. The van der Waals surface area contributed by atoms with E-state index in [9.17, 15) is 0 Å². The average Bonchev–Trinajstić information content (AvgIpc) is 2.59. The van der Waals surface area contributed by atoms with E-state index >= 15 is 0 Å². The van der Waals surface area contributed by atoms with Gasteiger partial charge < -0.3 is 0 Å². The minimum absolute atomic E-state index is 1.28. The molecule has 22 heavy (non-hydrogen) atoms. The van der Waals surface area contributed by atoms with E-state index in [-0.39, 0.29) is 0 Å². The van der Waals surface area contributed by atoms with Crippen LogP contribution in [0.3, 0.4) is 0 Å². The second-order valence-electron chi connectivity index (χ2n) is 5.63. The summed E-state index contributed by atoms with van der Waals surface area (Å²) in [4.78, 5) is 1.28. The summed E-state index contributed by atoms with van der Waals surface area (Å²) >= 11 is 3.59. The molecule has 2 heteroatoms. The Morgan fingerprint density at radius 3 is 1.82 bits per heavy atom. The van der Waals surface area contributed by atoms with Crippen LogP contribution in [0.25, 0.3) is 43.1 Å². The highest BCUT2D eigenvalue weighted by Crippen LogP contribution is 2.44. The Morgan fingerprint density at radius 1 is 0.545 bits per heavy atom. The summed E-state index contributed by atoms with van der Waals surface area (Å²) in [5.74, 6) is 0. The highest BCUT2D eigenvalue weighted by molar-refractivity contribution is 9.50. The van der Waals surface area contributed by atoms with E-state index < -0.39 is 0 Å². The van der Waals surface area contributed by atoms with Crippen molar-refractivity contribution >= 4 is 68.1 Å². The molecule has 0 radical (unpaired) electrons. The molecule has 0 aliphatic heterocycles. The quantitative estimate of drug-likeness (QED) is 0.225. The predicted octanol–water partition coefficient (Wildman–Crippen LogP) is 7.14. The summed E-state index contributed by atoms with van der Waals surface area (Å²) in [6, 6.07) is 24.3. The zero-order chi connectivity index (χ0) is 14.7. The van der Waals surface area contributed by atoms with Crippen LogP contribution in [0.2, 0.25) is 0 Å². The first-order chi connectivity index (χ1) is 10.9. The molecular weight excluding hydrogens is 352 g/mol. The molecule has 104 valence electrons. The van der Waals surface area contributed by atoms with Gasteiger partial charge in [-0.2, -0.15) is 0 Å². The standard InChI is InChI=1S/C20H11BrS/c21-22-17-11-10-13-6-2-8-15-14-7-1-4-12-5-3-9-16(18(12)14)20(17)19(13)15/h1-11H. The van der Waals surface area contributed by atoms with Crippen LogP contribution >= 0.6 is 25.0 Å². The number of benzene rings is 5. The van der Waals surface area contributed by atoms with Crippen molar-refractivity contribution in [3.8, 4) is 0 Å². The van der Waals surface area contributed by atoms with Crippen LogP contribution in [0, 0.1) is 0 Å². The fourth-order valence-electron chi connectivity index (χ4n) is 3.69.